The summed E-state index contributed by atoms with van der Waals surface area (Å²) in [5, 5.41) is 7.94. The van der Waals surface area contributed by atoms with Crippen LogP contribution in [0.15, 0.2) is 0 Å². The molecule has 0 radical (unpaired) electrons. The summed E-state index contributed by atoms with van der Waals surface area (Å²) in [5.74, 6) is 1.42. The quantitative estimate of drug-likeness (QED) is 0.735. The van der Waals surface area contributed by atoms with Crippen LogP contribution in [-0.2, 0) is 17.7 Å². The molecule has 0 saturated carbocycles. The Labute approximate surface area is 99.0 Å². The first-order valence-electron chi connectivity index (χ1n) is 5.54. The molecular weight excluding hydrogens is 230 g/mol. The van der Waals surface area contributed by atoms with Crippen molar-refractivity contribution in [2.24, 2.45) is 5.73 Å². The topological polar surface area (TPSA) is 66.0 Å². The molecule has 0 amide bonds. The van der Waals surface area contributed by atoms with E-state index in [-0.39, 0.29) is 12.6 Å². The van der Waals surface area contributed by atoms with Crippen LogP contribution in [0.3, 0.4) is 0 Å². The molecule has 7 heteroatoms. The standard InChI is InChI=1S/C10H18F2N4O/c1-7(2)16-9(14-15-10(16)5-13)3-4-17-6-8(11)12/h7-8H,3-6,13H2,1-2H3. The maximum absolute atomic E-state index is 11.9. The molecule has 0 atom stereocenters. The number of hydrogen-bond acceptors (Lipinski definition) is 4. The average molecular weight is 248 g/mol. The molecule has 0 saturated heterocycles. The molecule has 98 valence electrons. The lowest BCUT2D eigenvalue weighted by molar-refractivity contribution is 0.0180. The zero-order valence-corrected chi connectivity index (χ0v) is 10.1. The van der Waals surface area contributed by atoms with Crippen LogP contribution in [0.25, 0.3) is 0 Å². The Morgan fingerprint density at radius 1 is 1.29 bits per heavy atom. The van der Waals surface area contributed by atoms with Gasteiger partial charge in [-0.2, -0.15) is 0 Å². The number of nitrogens with two attached hydrogens (primary N) is 1. The second-order valence-electron chi connectivity index (χ2n) is 3.92. The lowest BCUT2D eigenvalue weighted by atomic mass is 10.3. The second kappa shape index (κ2) is 6.61. The van der Waals surface area contributed by atoms with E-state index in [9.17, 15) is 8.78 Å². The van der Waals surface area contributed by atoms with Gasteiger partial charge in [0.05, 0.1) is 13.2 Å². The van der Waals surface area contributed by atoms with E-state index < -0.39 is 13.0 Å². The van der Waals surface area contributed by atoms with Crippen molar-refractivity contribution in [2.75, 3.05) is 13.2 Å². The van der Waals surface area contributed by atoms with Gasteiger partial charge >= 0.3 is 0 Å². The van der Waals surface area contributed by atoms with Crippen LogP contribution in [0.1, 0.15) is 31.5 Å². The van der Waals surface area contributed by atoms with Crippen molar-refractivity contribution < 1.29 is 13.5 Å². The molecule has 2 N–H and O–H groups in total. The lowest BCUT2D eigenvalue weighted by Crippen LogP contribution is -2.15. The van der Waals surface area contributed by atoms with Crippen molar-refractivity contribution in [2.45, 2.75) is 39.3 Å². The largest absolute Gasteiger partial charge is 0.375 e. The highest BCUT2D eigenvalue weighted by molar-refractivity contribution is 4.98. The molecule has 0 unspecified atom stereocenters. The molecule has 1 heterocycles. The van der Waals surface area contributed by atoms with Crippen molar-refractivity contribution in [3.05, 3.63) is 11.6 Å². The van der Waals surface area contributed by atoms with Crippen molar-refractivity contribution in [3.63, 3.8) is 0 Å². The summed E-state index contributed by atoms with van der Waals surface area (Å²) in [6.45, 7) is 3.96. The summed E-state index contributed by atoms with van der Waals surface area (Å²) in [5.41, 5.74) is 5.54. The van der Waals surface area contributed by atoms with E-state index in [0.29, 0.717) is 18.8 Å². The second-order valence-corrected chi connectivity index (χ2v) is 3.92. The first-order valence-corrected chi connectivity index (χ1v) is 5.54. The molecule has 0 aliphatic rings. The Kier molecular flexibility index (Phi) is 5.43. The van der Waals surface area contributed by atoms with Gasteiger partial charge in [-0.25, -0.2) is 8.78 Å². The van der Waals surface area contributed by atoms with Gasteiger partial charge in [0.2, 0.25) is 0 Å². The van der Waals surface area contributed by atoms with Gasteiger partial charge in [0, 0.05) is 12.5 Å². The SMILES string of the molecule is CC(C)n1c(CN)nnc1CCOCC(F)F. The average Bonchev–Trinajstić information content (AvgIpc) is 2.67. The maximum atomic E-state index is 11.9. The minimum atomic E-state index is -2.43. The van der Waals surface area contributed by atoms with Crippen LogP contribution in [0, 0.1) is 0 Å². The third-order valence-corrected chi connectivity index (χ3v) is 2.25. The molecule has 1 aromatic rings. The molecule has 0 aliphatic carbocycles. The maximum Gasteiger partial charge on any atom is 0.261 e. The summed E-state index contributed by atoms with van der Waals surface area (Å²) in [4.78, 5) is 0. The van der Waals surface area contributed by atoms with Crippen LogP contribution in [-0.4, -0.2) is 34.4 Å². The van der Waals surface area contributed by atoms with Gasteiger partial charge in [-0.05, 0) is 13.8 Å². The number of alkyl halides is 2. The zero-order valence-electron chi connectivity index (χ0n) is 10.1. The van der Waals surface area contributed by atoms with Crippen LogP contribution >= 0.6 is 0 Å². The van der Waals surface area contributed by atoms with Crippen molar-refractivity contribution in [1.29, 1.82) is 0 Å². The Bertz CT molecular complexity index is 341. The summed E-state index contributed by atoms with van der Waals surface area (Å²) in [6.07, 6.45) is -1.98. The number of halogens is 2. The molecule has 0 spiro atoms. The van der Waals surface area contributed by atoms with E-state index in [1.54, 1.807) is 0 Å². The first-order chi connectivity index (χ1) is 8.06. The van der Waals surface area contributed by atoms with E-state index in [1.165, 1.54) is 0 Å². The molecular formula is C10H18F2N4O. The van der Waals surface area contributed by atoms with Crippen LogP contribution in [0.5, 0.6) is 0 Å². The van der Waals surface area contributed by atoms with Crippen LogP contribution in [0.4, 0.5) is 8.78 Å². The highest BCUT2D eigenvalue weighted by Gasteiger charge is 2.13. The number of ether oxygens (including phenoxy) is 1. The van der Waals surface area contributed by atoms with Crippen molar-refractivity contribution in [1.82, 2.24) is 14.8 Å². The molecule has 5 nitrogen and oxygen atoms in total. The fourth-order valence-electron chi connectivity index (χ4n) is 1.60. The van der Waals surface area contributed by atoms with Gasteiger partial charge in [-0.3, -0.25) is 0 Å². The summed E-state index contributed by atoms with van der Waals surface area (Å²) < 4.78 is 30.4. The van der Waals surface area contributed by atoms with E-state index in [4.69, 9.17) is 10.5 Å². The highest BCUT2D eigenvalue weighted by atomic mass is 19.3. The van der Waals surface area contributed by atoms with Gasteiger partial charge in [0.15, 0.2) is 0 Å². The van der Waals surface area contributed by atoms with Crippen LogP contribution < -0.4 is 5.73 Å². The summed E-state index contributed by atoms with van der Waals surface area (Å²) in [7, 11) is 0. The smallest absolute Gasteiger partial charge is 0.261 e. The van der Waals surface area contributed by atoms with Gasteiger partial charge in [-0.1, -0.05) is 0 Å². The van der Waals surface area contributed by atoms with E-state index in [1.807, 2.05) is 18.4 Å². The third-order valence-electron chi connectivity index (χ3n) is 2.25. The molecule has 17 heavy (non-hydrogen) atoms. The van der Waals surface area contributed by atoms with Crippen molar-refractivity contribution >= 4 is 0 Å². The zero-order chi connectivity index (χ0) is 12.8. The molecule has 1 rings (SSSR count). The third kappa shape index (κ3) is 4.01. The minimum Gasteiger partial charge on any atom is -0.375 e. The normalized spacial score (nSPS) is 11.7. The Morgan fingerprint density at radius 3 is 2.47 bits per heavy atom. The predicted molar refractivity (Wildman–Crippen MR) is 58.8 cm³/mol. The molecule has 0 bridgehead atoms. The monoisotopic (exact) mass is 248 g/mol. The molecule has 0 fully saturated rings. The van der Waals surface area contributed by atoms with Gasteiger partial charge in [-0.15, -0.1) is 10.2 Å². The highest BCUT2D eigenvalue weighted by Crippen LogP contribution is 2.11. The van der Waals surface area contributed by atoms with E-state index in [2.05, 4.69) is 10.2 Å². The van der Waals surface area contributed by atoms with Gasteiger partial charge < -0.3 is 15.0 Å². The van der Waals surface area contributed by atoms with E-state index in [0.717, 1.165) is 5.82 Å². The lowest BCUT2D eigenvalue weighted by Gasteiger charge is -2.13. The number of rotatable bonds is 7. The Morgan fingerprint density at radius 2 is 1.94 bits per heavy atom. The van der Waals surface area contributed by atoms with E-state index >= 15 is 0 Å². The molecule has 0 aromatic carbocycles. The number of hydrogen-bond donors (Lipinski definition) is 1. The van der Waals surface area contributed by atoms with Gasteiger partial charge in [0.25, 0.3) is 6.43 Å². The first kappa shape index (κ1) is 14.0. The summed E-state index contributed by atoms with van der Waals surface area (Å²) >= 11 is 0. The van der Waals surface area contributed by atoms with Gasteiger partial charge in [0.1, 0.15) is 18.3 Å². The fourth-order valence-corrected chi connectivity index (χ4v) is 1.60. The Hall–Kier alpha value is -1.08. The van der Waals surface area contributed by atoms with Crippen LogP contribution in [0.2, 0.25) is 0 Å². The molecule has 0 aliphatic heterocycles. The minimum absolute atomic E-state index is 0.189. The number of nitrogens with zero attached hydrogens (tertiary/aromatic N) is 3. The predicted octanol–water partition coefficient (Wildman–Crippen LogP) is 1.14. The molecule has 1 aromatic heterocycles. The fraction of sp³-hybridized carbons (Fsp3) is 0.800. The Balaban J connectivity index is 2.55. The summed E-state index contributed by atoms with van der Waals surface area (Å²) in [6, 6.07) is 0.189. The van der Waals surface area contributed by atoms with Crippen molar-refractivity contribution in [3.8, 4) is 0 Å². The number of aromatic nitrogens is 3.